The molecule has 0 saturated heterocycles. The minimum atomic E-state index is -4.25. The number of rotatable bonds is 6. The van der Waals surface area contributed by atoms with Crippen molar-refractivity contribution in [2.45, 2.75) is 87.5 Å². The van der Waals surface area contributed by atoms with Crippen LogP contribution in [0.3, 0.4) is 0 Å². The fraction of sp³-hybridized carbons (Fsp3) is 0.516. The molecule has 0 unspecified atom stereocenters. The second kappa shape index (κ2) is 10.0. The third-order valence-electron chi connectivity index (χ3n) is 9.35. The highest BCUT2D eigenvalue weighted by molar-refractivity contribution is 7.87. The number of hydrogen-bond acceptors (Lipinski definition) is 8. The van der Waals surface area contributed by atoms with Gasteiger partial charge in [-0.05, 0) is 64.2 Å². The average Bonchev–Trinajstić information content (AvgIpc) is 3.31. The van der Waals surface area contributed by atoms with Gasteiger partial charge in [0.2, 0.25) is 0 Å². The lowest BCUT2D eigenvalue weighted by Crippen LogP contribution is -2.57. The molecule has 2 aromatic carbocycles. The van der Waals surface area contributed by atoms with E-state index in [4.69, 9.17) is 22.9 Å². The van der Waals surface area contributed by atoms with Crippen molar-refractivity contribution in [3.63, 3.8) is 0 Å². The van der Waals surface area contributed by atoms with Crippen molar-refractivity contribution in [1.82, 2.24) is 5.16 Å². The Labute approximate surface area is 236 Å². The van der Waals surface area contributed by atoms with E-state index in [2.05, 4.69) is 11.2 Å². The molecule has 0 N–H and O–H groups in total. The summed E-state index contributed by atoms with van der Waals surface area (Å²) in [5, 5.41) is 3.84. The molecule has 214 valence electrons. The third kappa shape index (κ3) is 4.16. The highest BCUT2D eigenvalue weighted by Crippen LogP contribution is 2.64. The Hall–Kier alpha value is -3.20. The topological polar surface area (TPSA) is 97.1 Å². The van der Waals surface area contributed by atoms with Crippen LogP contribution in [0.1, 0.15) is 80.4 Å². The Kier molecular flexibility index (Phi) is 6.76. The average molecular weight is 568 g/mol. The first-order valence-electron chi connectivity index (χ1n) is 14.2. The normalized spacial score (nSPS) is 23.6. The van der Waals surface area contributed by atoms with Crippen molar-refractivity contribution in [3.05, 3.63) is 59.0 Å². The van der Waals surface area contributed by atoms with Crippen LogP contribution in [0.25, 0.3) is 0 Å². The number of ether oxygens (including phenoxy) is 3. The number of hydrogen-bond donors (Lipinski definition) is 0. The maximum atomic E-state index is 13.7. The maximum Gasteiger partial charge on any atom is 0.344 e. The molecule has 0 bridgehead atoms. The molecule has 3 aromatic rings. The molecule has 2 aliphatic carbocycles. The van der Waals surface area contributed by atoms with Crippen LogP contribution in [0.2, 0.25) is 0 Å². The first kappa shape index (κ1) is 27.0. The van der Waals surface area contributed by atoms with Crippen LogP contribution in [0.15, 0.2) is 45.8 Å². The largest absolute Gasteiger partial charge is 0.497 e. The molecule has 2 atom stereocenters. The van der Waals surface area contributed by atoms with Gasteiger partial charge >= 0.3 is 10.1 Å². The predicted molar refractivity (Wildman–Crippen MR) is 149 cm³/mol. The Morgan fingerprint density at radius 2 is 1.55 bits per heavy atom. The van der Waals surface area contributed by atoms with E-state index in [0.717, 1.165) is 68.4 Å². The van der Waals surface area contributed by atoms with Gasteiger partial charge in [0.05, 0.1) is 14.2 Å². The van der Waals surface area contributed by atoms with Crippen molar-refractivity contribution in [3.8, 4) is 23.0 Å². The molecule has 1 spiro atoms. The smallest absolute Gasteiger partial charge is 0.344 e. The number of nitrogens with zero attached hydrogens (tertiary/aromatic N) is 1. The van der Waals surface area contributed by atoms with Crippen LogP contribution < -0.4 is 18.4 Å². The Bertz CT molecular complexity index is 1500. The van der Waals surface area contributed by atoms with Crippen molar-refractivity contribution in [1.29, 1.82) is 0 Å². The number of aromatic nitrogens is 1. The highest BCUT2D eigenvalue weighted by Gasteiger charge is 2.60. The Balaban J connectivity index is 1.56. The Morgan fingerprint density at radius 1 is 0.875 bits per heavy atom. The van der Waals surface area contributed by atoms with Crippen LogP contribution >= 0.6 is 0 Å². The second-order valence-corrected chi connectivity index (χ2v) is 12.9. The van der Waals surface area contributed by atoms with Gasteiger partial charge < -0.3 is 22.9 Å². The van der Waals surface area contributed by atoms with Gasteiger partial charge in [-0.1, -0.05) is 36.9 Å². The van der Waals surface area contributed by atoms with Gasteiger partial charge in [0.1, 0.15) is 28.5 Å². The third-order valence-corrected chi connectivity index (χ3v) is 10.8. The minimum absolute atomic E-state index is 0.0534. The SMILES string of the molecule is COc1ccc2c(c1)O[C@]1(c3ccc(OC)cc3OS(=O)(=O)c3c(C)noc3C)CCCC[C@H]1C21CCCCC1. The van der Waals surface area contributed by atoms with E-state index in [1.807, 2.05) is 24.3 Å². The lowest BCUT2D eigenvalue weighted by atomic mass is 9.51. The molecule has 1 aliphatic heterocycles. The predicted octanol–water partition coefficient (Wildman–Crippen LogP) is 6.76. The molecule has 40 heavy (non-hydrogen) atoms. The fourth-order valence-corrected chi connectivity index (χ4v) is 8.96. The molecule has 0 radical (unpaired) electrons. The molecule has 9 heteroatoms. The number of benzene rings is 2. The van der Waals surface area contributed by atoms with E-state index >= 15 is 0 Å². The summed E-state index contributed by atoms with van der Waals surface area (Å²) in [7, 11) is -1.03. The van der Waals surface area contributed by atoms with Gasteiger partial charge in [0.25, 0.3) is 0 Å². The summed E-state index contributed by atoms with van der Waals surface area (Å²) < 4.78 is 56.7. The van der Waals surface area contributed by atoms with Gasteiger partial charge in [0, 0.05) is 34.6 Å². The van der Waals surface area contributed by atoms with E-state index in [1.165, 1.54) is 12.0 Å². The van der Waals surface area contributed by atoms with Crippen LogP contribution in [0.4, 0.5) is 0 Å². The first-order chi connectivity index (χ1) is 19.2. The van der Waals surface area contributed by atoms with Gasteiger partial charge in [-0.25, -0.2) is 0 Å². The summed E-state index contributed by atoms with van der Waals surface area (Å²) in [6.07, 6.45) is 9.51. The summed E-state index contributed by atoms with van der Waals surface area (Å²) in [4.78, 5) is -0.0534. The molecule has 1 aromatic heterocycles. The molecule has 2 fully saturated rings. The quantitative estimate of drug-likeness (QED) is 0.302. The molecule has 2 saturated carbocycles. The van der Waals surface area contributed by atoms with E-state index in [0.29, 0.717) is 5.75 Å². The van der Waals surface area contributed by atoms with Crippen LogP contribution in [0.5, 0.6) is 23.0 Å². The summed E-state index contributed by atoms with van der Waals surface area (Å²) in [6.45, 7) is 3.16. The first-order valence-corrected chi connectivity index (χ1v) is 15.6. The van der Waals surface area contributed by atoms with Gasteiger partial charge in [-0.2, -0.15) is 8.42 Å². The molecule has 8 nitrogen and oxygen atoms in total. The number of fused-ring (bicyclic) bond motifs is 4. The minimum Gasteiger partial charge on any atom is -0.497 e. The zero-order valence-corrected chi connectivity index (χ0v) is 24.4. The fourth-order valence-electron chi connectivity index (χ4n) is 7.71. The molecule has 2 heterocycles. The monoisotopic (exact) mass is 567 g/mol. The van der Waals surface area contributed by atoms with E-state index in [9.17, 15) is 8.42 Å². The van der Waals surface area contributed by atoms with Crippen LogP contribution in [-0.4, -0.2) is 27.8 Å². The van der Waals surface area contributed by atoms with Crippen LogP contribution in [0, 0.1) is 19.8 Å². The van der Waals surface area contributed by atoms with Crippen molar-refractivity contribution in [2.75, 3.05) is 14.2 Å². The van der Waals surface area contributed by atoms with E-state index in [-0.39, 0.29) is 33.4 Å². The molecule has 0 amide bonds. The Morgan fingerprint density at radius 3 is 2.23 bits per heavy atom. The van der Waals surface area contributed by atoms with Crippen molar-refractivity contribution >= 4 is 10.1 Å². The zero-order valence-electron chi connectivity index (χ0n) is 23.6. The van der Waals surface area contributed by atoms with Crippen molar-refractivity contribution < 1.29 is 31.3 Å². The zero-order chi connectivity index (χ0) is 28.1. The number of methoxy groups -OCH3 is 2. The van der Waals surface area contributed by atoms with E-state index < -0.39 is 15.7 Å². The molecular weight excluding hydrogens is 530 g/mol. The standard InChI is InChI=1S/C31H37NO7S/c1-20-29(21(2)38-32-20)40(33,34)39-27-19-23(36-4)12-14-25(27)31-17-9-6-10-28(31)30(15-7-5-8-16-30)24-13-11-22(35-3)18-26(24)37-31/h11-14,18-19,28H,5-10,15-17H2,1-4H3/t28-,31-/m0/s1. The number of aryl methyl sites for hydroxylation is 2. The summed E-state index contributed by atoms with van der Waals surface area (Å²) in [5.41, 5.74) is 1.38. The van der Waals surface area contributed by atoms with Gasteiger partial charge in [-0.15, -0.1) is 0 Å². The summed E-state index contributed by atoms with van der Waals surface area (Å²) in [5.74, 6) is 2.61. The lowest BCUT2D eigenvalue weighted by molar-refractivity contribution is -0.0956. The van der Waals surface area contributed by atoms with Gasteiger partial charge in [-0.3, -0.25) is 0 Å². The van der Waals surface area contributed by atoms with Gasteiger partial charge in [0.15, 0.2) is 16.4 Å². The second-order valence-electron chi connectivity index (χ2n) is 11.4. The molecule has 6 rings (SSSR count). The summed E-state index contributed by atoms with van der Waals surface area (Å²) >= 11 is 0. The molecule has 3 aliphatic rings. The van der Waals surface area contributed by atoms with Crippen LogP contribution in [-0.2, 0) is 21.1 Å². The van der Waals surface area contributed by atoms with Crippen molar-refractivity contribution in [2.24, 2.45) is 5.92 Å². The van der Waals surface area contributed by atoms with E-state index in [1.54, 1.807) is 34.1 Å². The summed E-state index contributed by atoms with van der Waals surface area (Å²) in [6, 6.07) is 11.7. The molecular formula is C31H37NO7S. The maximum absolute atomic E-state index is 13.7. The highest BCUT2D eigenvalue weighted by atomic mass is 32.2. The lowest BCUT2D eigenvalue weighted by Gasteiger charge is -2.58.